The number of para-hydroxylation sites is 1. The lowest BCUT2D eigenvalue weighted by molar-refractivity contribution is -0.139. The first-order valence-corrected chi connectivity index (χ1v) is 10.1. The number of carbonyl (C=O) groups excluding carboxylic acids is 2. The van der Waals surface area contributed by atoms with E-state index in [-0.39, 0.29) is 17.9 Å². The maximum absolute atomic E-state index is 13.1. The lowest BCUT2D eigenvalue weighted by atomic mass is 9.94. The van der Waals surface area contributed by atoms with Crippen LogP contribution in [-0.4, -0.2) is 42.5 Å². The highest BCUT2D eigenvalue weighted by atomic mass is 16.5. The van der Waals surface area contributed by atoms with Gasteiger partial charge in [-0.2, -0.15) is 0 Å². The van der Waals surface area contributed by atoms with E-state index in [9.17, 15) is 14.7 Å². The number of ketones is 1. The molecule has 0 bridgehead atoms. The molecule has 164 valence electrons. The number of carbonyl (C=O) groups is 2. The maximum atomic E-state index is 13.1. The molecule has 2 aromatic carbocycles. The van der Waals surface area contributed by atoms with Crippen molar-refractivity contribution in [2.45, 2.75) is 12.5 Å². The molecule has 7 heteroatoms. The van der Waals surface area contributed by atoms with Crippen LogP contribution in [0, 0.1) is 0 Å². The predicted octanol–water partition coefficient (Wildman–Crippen LogP) is 3.96. The van der Waals surface area contributed by atoms with Crippen molar-refractivity contribution in [3.8, 4) is 11.5 Å². The lowest BCUT2D eigenvalue weighted by Gasteiger charge is -2.26. The van der Waals surface area contributed by atoms with Crippen LogP contribution in [0.2, 0.25) is 0 Å². The van der Waals surface area contributed by atoms with Crippen molar-refractivity contribution in [2.75, 3.05) is 20.8 Å². The molecule has 1 amide bonds. The summed E-state index contributed by atoms with van der Waals surface area (Å²) in [6.07, 6.45) is 1.99. The van der Waals surface area contributed by atoms with Gasteiger partial charge in [0, 0.05) is 24.1 Å². The summed E-state index contributed by atoms with van der Waals surface area (Å²) >= 11 is 0. The Labute approximate surface area is 185 Å². The van der Waals surface area contributed by atoms with E-state index >= 15 is 0 Å². The van der Waals surface area contributed by atoms with Gasteiger partial charge in [0.25, 0.3) is 11.7 Å². The molecule has 1 N–H and O–H groups in total. The molecule has 0 radical (unpaired) electrons. The number of benzene rings is 2. The second kappa shape index (κ2) is 9.01. The van der Waals surface area contributed by atoms with E-state index < -0.39 is 17.7 Å². The maximum Gasteiger partial charge on any atom is 0.295 e. The minimum atomic E-state index is -0.803. The van der Waals surface area contributed by atoms with Crippen molar-refractivity contribution in [3.63, 3.8) is 0 Å². The van der Waals surface area contributed by atoms with Crippen molar-refractivity contribution in [1.82, 2.24) is 4.90 Å². The van der Waals surface area contributed by atoms with Crippen LogP contribution in [0.3, 0.4) is 0 Å². The standard InChI is InChI=1S/C25H23NO6/c1-30-17-11-9-16(10-12-17)23(27)21-22(19-7-3-4-8-20(19)31-2)26(25(29)24(21)28)14-13-18-6-5-15-32-18/h3-12,15,22,27H,13-14H2,1-2H3/b23-21-. The topological polar surface area (TPSA) is 89.2 Å². The zero-order valence-corrected chi connectivity index (χ0v) is 17.8. The number of rotatable bonds is 7. The first-order chi connectivity index (χ1) is 15.5. The van der Waals surface area contributed by atoms with Crippen LogP contribution in [-0.2, 0) is 16.0 Å². The van der Waals surface area contributed by atoms with E-state index in [0.717, 1.165) is 0 Å². The molecule has 0 saturated carbocycles. The molecule has 0 aliphatic carbocycles. The molecule has 4 rings (SSSR count). The summed E-state index contributed by atoms with van der Waals surface area (Å²) in [4.78, 5) is 27.6. The third-order valence-corrected chi connectivity index (χ3v) is 5.52. The number of ether oxygens (including phenoxy) is 2. The molecule has 1 aliphatic rings. The molecule has 1 saturated heterocycles. The van der Waals surface area contributed by atoms with Gasteiger partial charge in [-0.25, -0.2) is 0 Å². The third kappa shape index (κ3) is 3.85. The lowest BCUT2D eigenvalue weighted by Crippen LogP contribution is -2.31. The van der Waals surface area contributed by atoms with Crippen molar-refractivity contribution in [3.05, 3.63) is 89.4 Å². The van der Waals surface area contributed by atoms with Crippen molar-refractivity contribution in [2.24, 2.45) is 0 Å². The number of likely N-dealkylation sites (tertiary alicyclic amines) is 1. The zero-order valence-electron chi connectivity index (χ0n) is 17.8. The Morgan fingerprint density at radius 3 is 2.41 bits per heavy atom. The SMILES string of the molecule is COc1ccc(/C(O)=C2/C(=O)C(=O)N(CCc3ccco3)C2c2ccccc2OC)cc1. The zero-order chi connectivity index (χ0) is 22.7. The first-order valence-electron chi connectivity index (χ1n) is 10.1. The van der Waals surface area contributed by atoms with Gasteiger partial charge < -0.3 is 23.9 Å². The number of hydrogen-bond acceptors (Lipinski definition) is 6. The van der Waals surface area contributed by atoms with Gasteiger partial charge in [-0.05, 0) is 42.5 Å². The summed E-state index contributed by atoms with van der Waals surface area (Å²) in [7, 11) is 3.07. The molecule has 7 nitrogen and oxygen atoms in total. The molecule has 1 unspecified atom stereocenters. The van der Waals surface area contributed by atoms with Crippen molar-refractivity contribution in [1.29, 1.82) is 0 Å². The number of aliphatic hydroxyl groups excluding tert-OH is 1. The highest BCUT2D eigenvalue weighted by molar-refractivity contribution is 6.46. The second-order valence-electron chi connectivity index (χ2n) is 7.29. The molecule has 0 spiro atoms. The smallest absolute Gasteiger partial charge is 0.295 e. The average molecular weight is 433 g/mol. The highest BCUT2D eigenvalue weighted by Gasteiger charge is 2.46. The second-order valence-corrected chi connectivity index (χ2v) is 7.29. The van der Waals surface area contributed by atoms with E-state index in [2.05, 4.69) is 0 Å². The molecule has 3 aromatic rings. The monoisotopic (exact) mass is 433 g/mol. The fourth-order valence-corrected chi connectivity index (χ4v) is 3.92. The Bertz CT molecular complexity index is 1150. The number of aliphatic hydroxyl groups is 1. The summed E-state index contributed by atoms with van der Waals surface area (Å²) in [5.41, 5.74) is 1.04. The Morgan fingerprint density at radius 1 is 1.00 bits per heavy atom. The van der Waals surface area contributed by atoms with Gasteiger partial charge in [-0.15, -0.1) is 0 Å². The van der Waals surface area contributed by atoms with Crippen molar-refractivity contribution >= 4 is 17.4 Å². The van der Waals surface area contributed by atoms with E-state index in [0.29, 0.717) is 34.8 Å². The van der Waals surface area contributed by atoms with Crippen LogP contribution >= 0.6 is 0 Å². The summed E-state index contributed by atoms with van der Waals surface area (Å²) in [6, 6.07) is 16.6. The highest BCUT2D eigenvalue weighted by Crippen LogP contribution is 2.42. The molecule has 32 heavy (non-hydrogen) atoms. The largest absolute Gasteiger partial charge is 0.507 e. The summed E-state index contributed by atoms with van der Waals surface area (Å²) in [5.74, 6) is 0.157. The van der Waals surface area contributed by atoms with Gasteiger partial charge in [-0.3, -0.25) is 9.59 Å². The van der Waals surface area contributed by atoms with Gasteiger partial charge in [-0.1, -0.05) is 18.2 Å². The van der Waals surface area contributed by atoms with Crippen LogP contribution in [0.25, 0.3) is 5.76 Å². The van der Waals surface area contributed by atoms with Crippen LogP contribution < -0.4 is 9.47 Å². The molecule has 2 heterocycles. The third-order valence-electron chi connectivity index (χ3n) is 5.52. The number of amides is 1. The summed E-state index contributed by atoms with van der Waals surface area (Å²) in [5, 5.41) is 11.1. The predicted molar refractivity (Wildman–Crippen MR) is 117 cm³/mol. The molecule has 1 fully saturated rings. The van der Waals surface area contributed by atoms with E-state index in [1.807, 2.05) is 6.07 Å². The minimum absolute atomic E-state index is 0.0177. The summed E-state index contributed by atoms with van der Waals surface area (Å²) in [6.45, 7) is 0.236. The molecule has 1 aliphatic heterocycles. The van der Waals surface area contributed by atoms with Gasteiger partial charge in [0.2, 0.25) is 0 Å². The molecule has 1 atom stereocenters. The van der Waals surface area contributed by atoms with E-state index in [1.165, 1.54) is 12.0 Å². The minimum Gasteiger partial charge on any atom is -0.507 e. The number of Topliss-reactive ketones (excluding diaryl/α,β-unsaturated/α-hetero) is 1. The van der Waals surface area contributed by atoms with Crippen LogP contribution in [0.5, 0.6) is 11.5 Å². The number of methoxy groups -OCH3 is 2. The Balaban J connectivity index is 1.82. The Morgan fingerprint density at radius 2 is 1.75 bits per heavy atom. The Kier molecular flexibility index (Phi) is 5.98. The van der Waals surface area contributed by atoms with Crippen LogP contribution in [0.15, 0.2) is 76.9 Å². The van der Waals surface area contributed by atoms with Crippen LogP contribution in [0.1, 0.15) is 22.9 Å². The van der Waals surface area contributed by atoms with Gasteiger partial charge in [0.15, 0.2) is 0 Å². The number of nitrogens with zero attached hydrogens (tertiary/aromatic N) is 1. The molecule has 1 aromatic heterocycles. The Hall–Kier alpha value is -4.00. The number of hydrogen-bond donors (Lipinski definition) is 1. The number of furan rings is 1. The first kappa shape index (κ1) is 21.2. The fraction of sp³-hybridized carbons (Fsp3) is 0.200. The van der Waals surface area contributed by atoms with Gasteiger partial charge in [0.05, 0.1) is 32.1 Å². The van der Waals surface area contributed by atoms with E-state index in [1.54, 1.807) is 68.0 Å². The normalized spacial score (nSPS) is 17.6. The quantitative estimate of drug-likeness (QED) is 0.345. The average Bonchev–Trinajstić information content (AvgIpc) is 3.44. The van der Waals surface area contributed by atoms with E-state index in [4.69, 9.17) is 13.9 Å². The van der Waals surface area contributed by atoms with Crippen molar-refractivity contribution < 1.29 is 28.6 Å². The summed E-state index contributed by atoms with van der Waals surface area (Å²) < 4.78 is 16.1. The molecular weight excluding hydrogens is 410 g/mol. The van der Waals surface area contributed by atoms with Crippen LogP contribution in [0.4, 0.5) is 0 Å². The fourth-order valence-electron chi connectivity index (χ4n) is 3.92. The van der Waals surface area contributed by atoms with Gasteiger partial charge in [0.1, 0.15) is 23.0 Å². The van der Waals surface area contributed by atoms with Gasteiger partial charge >= 0.3 is 0 Å². The molecular formula is C25H23NO6.